The molecule has 1 aromatic heterocycles. The lowest BCUT2D eigenvalue weighted by molar-refractivity contribution is -0.384. The van der Waals surface area contributed by atoms with Crippen LogP contribution in [-0.4, -0.2) is 46.4 Å². The first-order valence-corrected chi connectivity index (χ1v) is 10.6. The summed E-state index contributed by atoms with van der Waals surface area (Å²) < 4.78 is 28.5. The number of non-ortho nitro benzene ring substituents is 1. The molecule has 3 rings (SSSR count). The van der Waals surface area contributed by atoms with Crippen LogP contribution in [0.15, 0.2) is 35.4 Å². The molecule has 10 nitrogen and oxygen atoms in total. The number of carbonyl (C=O) groups is 1. The lowest BCUT2D eigenvalue weighted by Crippen LogP contribution is -2.42. The maximum absolute atomic E-state index is 12.7. The Kier molecular flexibility index (Phi) is 5.99. The van der Waals surface area contributed by atoms with E-state index in [4.69, 9.17) is 0 Å². The molecule has 0 radical (unpaired) electrons. The molecule has 0 spiro atoms. The molecular weight excluding hydrogens is 398 g/mol. The van der Waals surface area contributed by atoms with E-state index in [1.54, 1.807) is 4.68 Å². The fourth-order valence-electron chi connectivity index (χ4n) is 3.40. The van der Waals surface area contributed by atoms with Crippen LogP contribution in [-0.2, 0) is 28.4 Å². The number of nitro benzene ring substituents is 1. The molecular formula is C18H23N5O5S. The second-order valence-corrected chi connectivity index (χ2v) is 9.00. The van der Waals surface area contributed by atoms with Crippen LogP contribution in [0.4, 0.5) is 5.69 Å². The van der Waals surface area contributed by atoms with Crippen molar-refractivity contribution in [3.05, 3.63) is 51.8 Å². The summed E-state index contributed by atoms with van der Waals surface area (Å²) in [6.45, 7) is 2.72. The van der Waals surface area contributed by atoms with Crippen LogP contribution in [0.25, 0.3) is 0 Å². The zero-order chi connectivity index (χ0) is 21.2. The monoisotopic (exact) mass is 421 g/mol. The number of nitro groups is 1. The first-order chi connectivity index (χ1) is 13.7. The van der Waals surface area contributed by atoms with Crippen molar-refractivity contribution >= 4 is 21.6 Å². The van der Waals surface area contributed by atoms with E-state index in [1.165, 1.54) is 28.6 Å². The van der Waals surface area contributed by atoms with Crippen LogP contribution in [0.5, 0.6) is 0 Å². The predicted molar refractivity (Wildman–Crippen MR) is 104 cm³/mol. The van der Waals surface area contributed by atoms with Crippen molar-refractivity contribution in [2.24, 2.45) is 13.0 Å². The number of amides is 1. The van der Waals surface area contributed by atoms with E-state index < -0.39 is 14.9 Å². The summed E-state index contributed by atoms with van der Waals surface area (Å²) in [5.74, 6) is -0.351. The van der Waals surface area contributed by atoms with Crippen molar-refractivity contribution in [3.8, 4) is 0 Å². The highest BCUT2D eigenvalue weighted by atomic mass is 32.2. The van der Waals surface area contributed by atoms with Gasteiger partial charge >= 0.3 is 0 Å². The Balaban J connectivity index is 1.57. The van der Waals surface area contributed by atoms with Gasteiger partial charge in [-0.25, -0.2) is 8.42 Å². The number of aromatic nitrogens is 2. The zero-order valence-electron chi connectivity index (χ0n) is 16.2. The molecule has 156 valence electrons. The Morgan fingerprint density at radius 3 is 2.41 bits per heavy atom. The molecule has 0 atom stereocenters. The fraction of sp³-hybridized carbons (Fsp3) is 0.444. The summed E-state index contributed by atoms with van der Waals surface area (Å²) in [5, 5.41) is 17.9. The molecule has 1 saturated heterocycles. The lowest BCUT2D eigenvalue weighted by atomic mass is 9.97. The quantitative estimate of drug-likeness (QED) is 0.554. The highest BCUT2D eigenvalue weighted by Gasteiger charge is 2.32. The number of aryl methyl sites for hydroxylation is 2. The second kappa shape index (κ2) is 8.29. The van der Waals surface area contributed by atoms with Gasteiger partial charge in [0.25, 0.3) is 5.69 Å². The molecule has 0 saturated carbocycles. The van der Waals surface area contributed by atoms with Gasteiger partial charge in [0.05, 0.1) is 15.5 Å². The Morgan fingerprint density at radius 2 is 1.90 bits per heavy atom. The van der Waals surface area contributed by atoms with E-state index in [2.05, 4.69) is 10.4 Å². The van der Waals surface area contributed by atoms with Crippen LogP contribution >= 0.6 is 0 Å². The molecule has 0 bridgehead atoms. The Bertz CT molecular complexity index is 1010. The third-order valence-electron chi connectivity index (χ3n) is 5.08. The highest BCUT2D eigenvalue weighted by molar-refractivity contribution is 7.89. The molecule has 1 aromatic carbocycles. The maximum atomic E-state index is 12.7. The number of hydrogen-bond donors (Lipinski definition) is 1. The number of carbonyl (C=O) groups excluding carboxylic acids is 1. The van der Waals surface area contributed by atoms with E-state index >= 15 is 0 Å². The van der Waals surface area contributed by atoms with Crippen LogP contribution in [0.1, 0.15) is 24.1 Å². The van der Waals surface area contributed by atoms with Gasteiger partial charge in [-0.3, -0.25) is 19.6 Å². The zero-order valence-corrected chi connectivity index (χ0v) is 17.1. The van der Waals surface area contributed by atoms with E-state index in [1.807, 2.05) is 20.2 Å². The molecule has 1 N–H and O–H groups in total. The van der Waals surface area contributed by atoms with Gasteiger partial charge in [-0.2, -0.15) is 9.40 Å². The van der Waals surface area contributed by atoms with Crippen molar-refractivity contribution in [3.63, 3.8) is 0 Å². The third kappa shape index (κ3) is 4.62. The largest absolute Gasteiger partial charge is 0.352 e. The summed E-state index contributed by atoms with van der Waals surface area (Å²) >= 11 is 0. The highest BCUT2D eigenvalue weighted by Crippen LogP contribution is 2.25. The second-order valence-electron chi connectivity index (χ2n) is 7.06. The molecule has 0 unspecified atom stereocenters. The van der Waals surface area contributed by atoms with Gasteiger partial charge in [0.1, 0.15) is 0 Å². The smallest absolute Gasteiger partial charge is 0.269 e. The normalized spacial score (nSPS) is 15.9. The molecule has 1 amide bonds. The first kappa shape index (κ1) is 20.9. The number of nitrogens with zero attached hydrogens (tertiary/aromatic N) is 4. The molecule has 1 aliphatic heterocycles. The number of sulfonamides is 1. The lowest BCUT2D eigenvalue weighted by Gasteiger charge is -2.30. The van der Waals surface area contributed by atoms with Gasteiger partial charge in [0.2, 0.25) is 15.9 Å². The first-order valence-electron chi connectivity index (χ1n) is 9.20. The van der Waals surface area contributed by atoms with Crippen molar-refractivity contribution in [2.75, 3.05) is 13.1 Å². The standard InChI is InChI=1S/C18H23N5O5S/c1-13-15(12-21(2)20-13)11-19-18(24)14-7-9-22(10-8-14)29(27,28)17-5-3-16(4-6-17)23(25)26/h3-6,12,14H,7-11H2,1-2H3,(H,19,24). The van der Waals surface area contributed by atoms with Crippen molar-refractivity contribution in [1.82, 2.24) is 19.4 Å². The number of rotatable bonds is 6. The summed E-state index contributed by atoms with van der Waals surface area (Å²) in [6.07, 6.45) is 2.70. The summed E-state index contributed by atoms with van der Waals surface area (Å²) in [4.78, 5) is 22.6. The van der Waals surface area contributed by atoms with Gasteiger partial charge in [-0.05, 0) is 31.9 Å². The van der Waals surface area contributed by atoms with E-state index in [0.717, 1.165) is 11.3 Å². The van der Waals surface area contributed by atoms with Crippen LogP contribution in [0.2, 0.25) is 0 Å². The number of nitrogens with one attached hydrogen (secondary N) is 1. The fourth-order valence-corrected chi connectivity index (χ4v) is 4.87. The average molecular weight is 421 g/mol. The number of piperidine rings is 1. The minimum absolute atomic E-state index is 0.0121. The van der Waals surface area contributed by atoms with E-state index in [-0.39, 0.29) is 35.5 Å². The molecule has 1 aliphatic rings. The average Bonchev–Trinajstić information content (AvgIpc) is 3.03. The molecule has 29 heavy (non-hydrogen) atoms. The molecule has 1 fully saturated rings. The Hall–Kier alpha value is -2.79. The van der Waals surface area contributed by atoms with Gasteiger partial charge in [-0.1, -0.05) is 0 Å². The summed E-state index contributed by atoms with van der Waals surface area (Å²) in [6, 6.07) is 4.83. The predicted octanol–water partition coefficient (Wildman–Crippen LogP) is 1.35. The van der Waals surface area contributed by atoms with Crippen molar-refractivity contribution in [2.45, 2.75) is 31.2 Å². The van der Waals surface area contributed by atoms with Gasteiger partial charge in [0.15, 0.2) is 0 Å². The van der Waals surface area contributed by atoms with E-state index in [0.29, 0.717) is 19.4 Å². The molecule has 2 heterocycles. The molecule has 11 heteroatoms. The number of benzene rings is 1. The summed E-state index contributed by atoms with van der Waals surface area (Å²) in [5.41, 5.74) is 1.64. The van der Waals surface area contributed by atoms with Crippen LogP contribution in [0.3, 0.4) is 0 Å². The molecule has 0 aliphatic carbocycles. The van der Waals surface area contributed by atoms with Crippen LogP contribution in [0, 0.1) is 23.0 Å². The maximum Gasteiger partial charge on any atom is 0.269 e. The topological polar surface area (TPSA) is 127 Å². The van der Waals surface area contributed by atoms with Crippen LogP contribution < -0.4 is 5.32 Å². The summed E-state index contributed by atoms with van der Waals surface area (Å²) in [7, 11) is -1.92. The van der Waals surface area contributed by atoms with Gasteiger partial charge in [-0.15, -0.1) is 0 Å². The minimum Gasteiger partial charge on any atom is -0.352 e. The SMILES string of the molecule is Cc1nn(C)cc1CNC(=O)C1CCN(S(=O)(=O)c2ccc([N+](=O)[O-])cc2)CC1. The minimum atomic E-state index is -3.74. The van der Waals surface area contributed by atoms with Crippen molar-refractivity contribution < 1.29 is 18.1 Å². The van der Waals surface area contributed by atoms with Gasteiger partial charge < -0.3 is 5.32 Å². The molecule has 2 aromatic rings. The Labute approximate surface area is 168 Å². The van der Waals surface area contributed by atoms with E-state index in [9.17, 15) is 23.3 Å². The number of hydrogen-bond acceptors (Lipinski definition) is 6. The van der Waals surface area contributed by atoms with Gasteiger partial charge in [0, 0.05) is 56.5 Å². The Morgan fingerprint density at radius 1 is 1.28 bits per heavy atom. The third-order valence-corrected chi connectivity index (χ3v) is 6.99. The van der Waals surface area contributed by atoms with Crippen molar-refractivity contribution in [1.29, 1.82) is 0 Å².